The third-order valence-electron chi connectivity index (χ3n) is 2.10. The molecule has 0 aromatic heterocycles. The quantitative estimate of drug-likeness (QED) is 0.588. The van der Waals surface area contributed by atoms with Gasteiger partial charge < -0.3 is 18.9 Å². The molecule has 6 heteroatoms. The van der Waals surface area contributed by atoms with Gasteiger partial charge in [-0.15, -0.1) is 0 Å². The van der Waals surface area contributed by atoms with Gasteiger partial charge in [-0.2, -0.15) is 0 Å². The summed E-state index contributed by atoms with van der Waals surface area (Å²) in [7, 11) is 0. The lowest BCUT2D eigenvalue weighted by molar-refractivity contribution is -0.161. The van der Waals surface area contributed by atoms with Gasteiger partial charge in [0.25, 0.3) is 0 Å². The lowest BCUT2D eigenvalue weighted by atomic mass is 10.3. The number of ether oxygens (including phenoxy) is 4. The van der Waals surface area contributed by atoms with Crippen LogP contribution in [0.15, 0.2) is 24.3 Å². The van der Waals surface area contributed by atoms with Gasteiger partial charge in [0.15, 0.2) is 11.5 Å². The summed E-state index contributed by atoms with van der Waals surface area (Å²) in [6.45, 7) is 5.78. The number of para-hydroxylation sites is 2. The first-order valence-corrected chi connectivity index (χ1v) is 6.15. The second-order valence-electron chi connectivity index (χ2n) is 4.04. The van der Waals surface area contributed by atoms with Crippen molar-refractivity contribution in [3.63, 3.8) is 0 Å². The Balaban J connectivity index is 2.72. The molecule has 2 unspecified atom stereocenters. The molecule has 2 atom stereocenters. The Bertz CT molecular complexity index is 427. The Morgan fingerprint density at radius 3 is 1.50 bits per heavy atom. The first-order valence-electron chi connectivity index (χ1n) is 6.15. The van der Waals surface area contributed by atoms with E-state index in [1.165, 1.54) is 13.8 Å². The summed E-state index contributed by atoms with van der Waals surface area (Å²) in [6, 6.07) is 6.82. The molecule has 0 saturated carbocycles. The average Bonchev–Trinajstić information content (AvgIpc) is 2.29. The molecule has 20 heavy (non-hydrogen) atoms. The fraction of sp³-hybridized carbons (Fsp3) is 0.429. The summed E-state index contributed by atoms with van der Waals surface area (Å²) in [4.78, 5) is 21.7. The topological polar surface area (TPSA) is 71.1 Å². The van der Waals surface area contributed by atoms with Crippen molar-refractivity contribution < 1.29 is 28.5 Å². The Labute approximate surface area is 117 Å². The van der Waals surface area contributed by atoms with Crippen molar-refractivity contribution >= 4 is 11.9 Å². The van der Waals surface area contributed by atoms with Crippen LogP contribution < -0.4 is 9.47 Å². The molecule has 0 aliphatic carbocycles. The highest BCUT2D eigenvalue weighted by Gasteiger charge is 2.14. The third kappa shape index (κ3) is 5.60. The molecule has 0 aliphatic heterocycles. The summed E-state index contributed by atoms with van der Waals surface area (Å²) < 4.78 is 20.7. The van der Waals surface area contributed by atoms with Gasteiger partial charge in [-0.3, -0.25) is 9.59 Å². The molecule has 1 rings (SSSR count). The smallest absolute Gasteiger partial charge is 0.305 e. The number of carbonyl (C=O) groups excluding carboxylic acids is 2. The molecular weight excluding hydrogens is 264 g/mol. The van der Waals surface area contributed by atoms with Gasteiger partial charge in [0.05, 0.1) is 0 Å². The number of benzene rings is 1. The average molecular weight is 282 g/mol. The van der Waals surface area contributed by atoms with Gasteiger partial charge in [0, 0.05) is 27.7 Å². The van der Waals surface area contributed by atoms with E-state index >= 15 is 0 Å². The molecule has 0 radical (unpaired) electrons. The van der Waals surface area contributed by atoms with E-state index in [9.17, 15) is 9.59 Å². The standard InChI is InChI=1S/C14H18O6/c1-9(15)17-11(3)19-13-7-5-6-8-14(13)20-12(4)18-10(2)16/h5-8,11-12H,1-4H3. The second kappa shape index (κ2) is 7.37. The van der Waals surface area contributed by atoms with E-state index in [1.807, 2.05) is 0 Å². The minimum atomic E-state index is -0.749. The van der Waals surface area contributed by atoms with Crippen LogP contribution in [0.5, 0.6) is 11.5 Å². The van der Waals surface area contributed by atoms with Gasteiger partial charge in [-0.25, -0.2) is 0 Å². The van der Waals surface area contributed by atoms with Crippen molar-refractivity contribution in [2.45, 2.75) is 40.3 Å². The van der Waals surface area contributed by atoms with Gasteiger partial charge in [0.1, 0.15) is 0 Å². The van der Waals surface area contributed by atoms with Crippen LogP contribution in [-0.2, 0) is 19.1 Å². The van der Waals surface area contributed by atoms with E-state index in [4.69, 9.17) is 18.9 Å². The minimum Gasteiger partial charge on any atom is -0.451 e. The van der Waals surface area contributed by atoms with E-state index in [2.05, 4.69) is 0 Å². The van der Waals surface area contributed by atoms with Crippen molar-refractivity contribution in [1.29, 1.82) is 0 Å². The molecule has 0 heterocycles. The third-order valence-corrected chi connectivity index (χ3v) is 2.10. The molecule has 0 saturated heterocycles. The molecule has 110 valence electrons. The van der Waals surface area contributed by atoms with E-state index < -0.39 is 24.5 Å². The maximum atomic E-state index is 10.8. The van der Waals surface area contributed by atoms with Crippen LogP contribution in [0.1, 0.15) is 27.7 Å². The first kappa shape index (κ1) is 15.8. The monoisotopic (exact) mass is 282 g/mol. The number of carbonyl (C=O) groups is 2. The molecular formula is C14H18O6. The van der Waals surface area contributed by atoms with Crippen LogP contribution >= 0.6 is 0 Å². The molecule has 1 aromatic rings. The SMILES string of the molecule is CC(=O)OC(C)Oc1ccccc1OC(C)OC(C)=O. The fourth-order valence-corrected chi connectivity index (χ4v) is 1.52. The fourth-order valence-electron chi connectivity index (χ4n) is 1.52. The van der Waals surface area contributed by atoms with E-state index in [1.54, 1.807) is 38.1 Å². The molecule has 0 bridgehead atoms. The highest BCUT2D eigenvalue weighted by molar-refractivity contribution is 5.66. The lowest BCUT2D eigenvalue weighted by Gasteiger charge is -2.19. The van der Waals surface area contributed by atoms with Crippen LogP contribution in [0.4, 0.5) is 0 Å². The zero-order chi connectivity index (χ0) is 15.1. The lowest BCUT2D eigenvalue weighted by Crippen LogP contribution is -2.22. The van der Waals surface area contributed by atoms with Crippen LogP contribution in [0.3, 0.4) is 0 Å². The molecule has 1 aromatic carbocycles. The maximum Gasteiger partial charge on any atom is 0.305 e. The Morgan fingerprint density at radius 2 is 1.20 bits per heavy atom. The van der Waals surface area contributed by atoms with Crippen LogP contribution in [-0.4, -0.2) is 24.5 Å². The number of hydrogen-bond donors (Lipinski definition) is 0. The second-order valence-corrected chi connectivity index (χ2v) is 4.04. The molecule has 0 N–H and O–H groups in total. The van der Waals surface area contributed by atoms with Gasteiger partial charge in [-0.1, -0.05) is 12.1 Å². The number of hydrogen-bond acceptors (Lipinski definition) is 6. The Morgan fingerprint density at radius 1 is 0.850 bits per heavy atom. The van der Waals surface area contributed by atoms with E-state index in [0.717, 1.165) is 0 Å². The van der Waals surface area contributed by atoms with Crippen molar-refractivity contribution in [3.8, 4) is 11.5 Å². The molecule has 0 spiro atoms. The summed E-state index contributed by atoms with van der Waals surface area (Å²) in [5.74, 6) is -0.103. The first-order chi connectivity index (χ1) is 9.38. The highest BCUT2D eigenvalue weighted by Crippen LogP contribution is 2.28. The summed E-state index contributed by atoms with van der Waals surface area (Å²) in [6.07, 6.45) is -1.50. The summed E-state index contributed by atoms with van der Waals surface area (Å²) in [5.41, 5.74) is 0. The maximum absolute atomic E-state index is 10.8. The summed E-state index contributed by atoms with van der Waals surface area (Å²) >= 11 is 0. The Kier molecular flexibility index (Phi) is 5.83. The molecule has 6 nitrogen and oxygen atoms in total. The van der Waals surface area contributed by atoms with E-state index in [-0.39, 0.29) is 0 Å². The van der Waals surface area contributed by atoms with Crippen LogP contribution in [0.25, 0.3) is 0 Å². The van der Waals surface area contributed by atoms with Crippen LogP contribution in [0, 0.1) is 0 Å². The molecule has 0 aliphatic rings. The van der Waals surface area contributed by atoms with Crippen molar-refractivity contribution in [2.24, 2.45) is 0 Å². The van der Waals surface area contributed by atoms with E-state index in [0.29, 0.717) is 11.5 Å². The van der Waals surface area contributed by atoms with Gasteiger partial charge >= 0.3 is 11.9 Å². The minimum absolute atomic E-state index is 0.389. The normalized spacial score (nSPS) is 13.0. The van der Waals surface area contributed by atoms with Crippen molar-refractivity contribution in [1.82, 2.24) is 0 Å². The zero-order valence-electron chi connectivity index (χ0n) is 11.9. The highest BCUT2D eigenvalue weighted by atomic mass is 16.7. The number of rotatable bonds is 6. The predicted octanol–water partition coefficient (Wildman–Crippen LogP) is 2.26. The molecule has 0 amide bonds. The largest absolute Gasteiger partial charge is 0.451 e. The zero-order valence-corrected chi connectivity index (χ0v) is 11.9. The Hall–Kier alpha value is -2.24. The van der Waals surface area contributed by atoms with Crippen molar-refractivity contribution in [2.75, 3.05) is 0 Å². The van der Waals surface area contributed by atoms with Crippen molar-refractivity contribution in [3.05, 3.63) is 24.3 Å². The predicted molar refractivity (Wildman–Crippen MR) is 70.2 cm³/mol. The number of esters is 2. The van der Waals surface area contributed by atoms with Gasteiger partial charge in [0.2, 0.25) is 12.6 Å². The van der Waals surface area contributed by atoms with Gasteiger partial charge in [-0.05, 0) is 12.1 Å². The summed E-state index contributed by atoms with van der Waals surface area (Å²) in [5, 5.41) is 0. The molecule has 0 fully saturated rings. The van der Waals surface area contributed by atoms with Crippen LogP contribution in [0.2, 0.25) is 0 Å².